The molecule has 6 heteroatoms. The van der Waals surface area contributed by atoms with E-state index < -0.39 is 17.5 Å². The molecule has 0 heterocycles. The molecule has 2 saturated carbocycles. The number of carbonyl (C=O) groups is 2. The summed E-state index contributed by atoms with van der Waals surface area (Å²) in [5, 5.41) is 6.08. The van der Waals surface area contributed by atoms with Crippen LogP contribution in [0.3, 0.4) is 0 Å². The molecule has 0 aliphatic heterocycles. The SMILES string of the molecule is O=C(NCC1(Cc2ccccc2)CCCCC1)c1ccc(F)cc1F.O=C(NCC1(Cc2ccccc2)CCCCC1)c1ccccc1. The Kier molecular flexibility index (Phi) is 12.5. The van der Waals surface area contributed by atoms with Crippen molar-refractivity contribution in [2.75, 3.05) is 13.1 Å². The highest BCUT2D eigenvalue weighted by atomic mass is 19.1. The third kappa shape index (κ3) is 10.1. The Morgan fingerprint density at radius 2 is 0.979 bits per heavy atom. The fourth-order valence-corrected chi connectivity index (χ4v) is 7.49. The summed E-state index contributed by atoms with van der Waals surface area (Å²) in [6, 6.07) is 33.5. The lowest BCUT2D eigenvalue weighted by Gasteiger charge is -2.38. The molecule has 0 saturated heterocycles. The first-order chi connectivity index (χ1) is 23.4. The first-order valence-electron chi connectivity index (χ1n) is 17.5. The molecule has 0 atom stereocenters. The molecule has 2 amide bonds. The molecule has 2 aliphatic carbocycles. The van der Waals surface area contributed by atoms with Crippen LogP contribution in [0.4, 0.5) is 8.78 Å². The van der Waals surface area contributed by atoms with Crippen molar-refractivity contribution in [3.05, 3.63) is 143 Å². The number of halogens is 2. The summed E-state index contributed by atoms with van der Waals surface area (Å²) in [6.07, 6.45) is 13.8. The minimum Gasteiger partial charge on any atom is -0.351 e. The molecular formula is C42H48F2N2O2. The van der Waals surface area contributed by atoms with Crippen LogP contribution < -0.4 is 10.6 Å². The van der Waals surface area contributed by atoms with Crippen molar-refractivity contribution in [2.24, 2.45) is 10.8 Å². The van der Waals surface area contributed by atoms with Gasteiger partial charge in [-0.2, -0.15) is 0 Å². The maximum atomic E-state index is 13.8. The van der Waals surface area contributed by atoms with Gasteiger partial charge in [0.1, 0.15) is 11.6 Å². The highest BCUT2D eigenvalue weighted by Crippen LogP contribution is 2.40. The van der Waals surface area contributed by atoms with Crippen LogP contribution in [0, 0.1) is 22.5 Å². The van der Waals surface area contributed by atoms with E-state index in [1.54, 1.807) is 0 Å². The van der Waals surface area contributed by atoms with Crippen molar-refractivity contribution in [2.45, 2.75) is 77.0 Å². The third-order valence-electron chi connectivity index (χ3n) is 10.1. The summed E-state index contributed by atoms with van der Waals surface area (Å²) < 4.78 is 26.8. The lowest BCUT2D eigenvalue weighted by Crippen LogP contribution is -2.40. The summed E-state index contributed by atoms with van der Waals surface area (Å²) in [5.74, 6) is -1.93. The Morgan fingerprint density at radius 3 is 1.44 bits per heavy atom. The first kappa shape index (κ1) is 35.0. The van der Waals surface area contributed by atoms with Crippen molar-refractivity contribution in [3.63, 3.8) is 0 Å². The van der Waals surface area contributed by atoms with Crippen molar-refractivity contribution in [3.8, 4) is 0 Å². The smallest absolute Gasteiger partial charge is 0.254 e. The molecule has 0 spiro atoms. The van der Waals surface area contributed by atoms with Gasteiger partial charge < -0.3 is 10.6 Å². The van der Waals surface area contributed by atoms with Gasteiger partial charge in [0.25, 0.3) is 11.8 Å². The van der Waals surface area contributed by atoms with Crippen LogP contribution in [-0.4, -0.2) is 24.9 Å². The first-order valence-corrected chi connectivity index (χ1v) is 17.5. The van der Waals surface area contributed by atoms with E-state index in [2.05, 4.69) is 53.1 Å². The van der Waals surface area contributed by atoms with Crippen molar-refractivity contribution >= 4 is 11.8 Å². The van der Waals surface area contributed by atoms with E-state index in [-0.39, 0.29) is 22.3 Å². The molecule has 2 N–H and O–H groups in total. The van der Waals surface area contributed by atoms with Gasteiger partial charge in [0.05, 0.1) is 5.56 Å². The fourth-order valence-electron chi connectivity index (χ4n) is 7.49. The number of rotatable bonds is 10. The van der Waals surface area contributed by atoms with Gasteiger partial charge in [-0.3, -0.25) is 9.59 Å². The second-order valence-electron chi connectivity index (χ2n) is 13.8. The molecule has 0 radical (unpaired) electrons. The third-order valence-corrected chi connectivity index (χ3v) is 10.1. The van der Waals surface area contributed by atoms with Gasteiger partial charge in [-0.15, -0.1) is 0 Å². The van der Waals surface area contributed by atoms with Crippen LogP contribution in [0.15, 0.2) is 109 Å². The Morgan fingerprint density at radius 1 is 0.542 bits per heavy atom. The number of carbonyl (C=O) groups excluding carboxylic acids is 2. The van der Waals surface area contributed by atoms with E-state index in [4.69, 9.17) is 0 Å². The predicted octanol–water partition coefficient (Wildman–Crippen LogP) is 9.50. The molecule has 0 bridgehead atoms. The van der Waals surface area contributed by atoms with Crippen LogP contribution in [0.25, 0.3) is 0 Å². The van der Waals surface area contributed by atoms with E-state index in [0.29, 0.717) is 6.54 Å². The van der Waals surface area contributed by atoms with Gasteiger partial charge in [0.2, 0.25) is 0 Å². The molecule has 6 rings (SSSR count). The van der Waals surface area contributed by atoms with Crippen LogP contribution in [-0.2, 0) is 12.8 Å². The molecule has 2 fully saturated rings. The van der Waals surface area contributed by atoms with E-state index in [1.807, 2.05) is 48.5 Å². The molecule has 4 nitrogen and oxygen atoms in total. The summed E-state index contributed by atoms with van der Waals surface area (Å²) >= 11 is 0. The topological polar surface area (TPSA) is 58.2 Å². The van der Waals surface area contributed by atoms with E-state index in [1.165, 1.54) is 55.7 Å². The average Bonchev–Trinajstić information content (AvgIpc) is 3.12. The van der Waals surface area contributed by atoms with E-state index in [9.17, 15) is 18.4 Å². The Hall–Kier alpha value is -4.32. The number of hydrogen-bond donors (Lipinski definition) is 2. The fraction of sp³-hybridized carbons (Fsp3) is 0.381. The minimum absolute atomic E-state index is 0.00572. The highest BCUT2D eigenvalue weighted by Gasteiger charge is 2.34. The number of hydrogen-bond acceptors (Lipinski definition) is 2. The minimum atomic E-state index is -0.821. The standard InChI is InChI=1S/C21H23F2NO.C21H25NO/c22-17-9-10-18(19(23)13-17)20(25)24-15-21(11-5-2-6-12-21)14-16-7-3-1-4-8-16;23-20(19-12-6-2-7-13-19)22-17-21(14-8-3-9-15-21)16-18-10-4-1-5-11-18/h1,3-4,7-10,13H,2,5-6,11-12,14-15H2,(H,24,25);1-2,4-7,10-13H,3,8-9,14-17H2,(H,22,23). The molecule has 4 aromatic carbocycles. The van der Waals surface area contributed by atoms with Gasteiger partial charge >= 0.3 is 0 Å². The van der Waals surface area contributed by atoms with Gasteiger partial charge in [0, 0.05) is 24.7 Å². The average molecular weight is 651 g/mol. The van der Waals surface area contributed by atoms with E-state index >= 15 is 0 Å². The zero-order valence-electron chi connectivity index (χ0n) is 27.9. The monoisotopic (exact) mass is 650 g/mol. The largest absolute Gasteiger partial charge is 0.351 e. The lowest BCUT2D eigenvalue weighted by molar-refractivity contribution is 0.0899. The number of nitrogens with one attached hydrogen (secondary N) is 2. The van der Waals surface area contributed by atoms with Gasteiger partial charge in [-0.1, -0.05) is 117 Å². The Bertz CT molecular complexity index is 1580. The maximum Gasteiger partial charge on any atom is 0.254 e. The van der Waals surface area contributed by atoms with Gasteiger partial charge in [-0.05, 0) is 84.7 Å². The normalized spacial score (nSPS) is 16.5. The van der Waals surface area contributed by atoms with Crippen LogP contribution in [0.5, 0.6) is 0 Å². The van der Waals surface area contributed by atoms with Crippen molar-refractivity contribution < 1.29 is 18.4 Å². The zero-order valence-corrected chi connectivity index (χ0v) is 27.9. The highest BCUT2D eigenvalue weighted by molar-refractivity contribution is 5.94. The summed E-state index contributed by atoms with van der Waals surface area (Å²) in [5.41, 5.74) is 3.50. The molecule has 0 unspecified atom stereocenters. The second kappa shape index (κ2) is 17.2. The van der Waals surface area contributed by atoms with E-state index in [0.717, 1.165) is 62.8 Å². The molecule has 2 aliphatic rings. The zero-order chi connectivity index (χ0) is 33.7. The Balaban J connectivity index is 0.000000188. The van der Waals surface area contributed by atoms with Crippen LogP contribution in [0.1, 0.15) is 96.1 Å². The molecule has 252 valence electrons. The summed E-state index contributed by atoms with van der Waals surface area (Å²) in [6.45, 7) is 1.28. The second-order valence-corrected chi connectivity index (χ2v) is 13.8. The molecule has 4 aromatic rings. The van der Waals surface area contributed by atoms with Crippen LogP contribution >= 0.6 is 0 Å². The predicted molar refractivity (Wildman–Crippen MR) is 189 cm³/mol. The van der Waals surface area contributed by atoms with Crippen molar-refractivity contribution in [1.82, 2.24) is 10.6 Å². The summed E-state index contributed by atoms with van der Waals surface area (Å²) in [4.78, 5) is 24.7. The van der Waals surface area contributed by atoms with Crippen LogP contribution in [0.2, 0.25) is 0 Å². The van der Waals surface area contributed by atoms with Gasteiger partial charge in [0.15, 0.2) is 0 Å². The lowest BCUT2D eigenvalue weighted by atomic mass is 9.70. The van der Waals surface area contributed by atoms with Gasteiger partial charge in [-0.25, -0.2) is 8.78 Å². The molecular weight excluding hydrogens is 602 g/mol. The molecule has 48 heavy (non-hydrogen) atoms. The molecule has 0 aromatic heterocycles. The van der Waals surface area contributed by atoms with Crippen molar-refractivity contribution in [1.29, 1.82) is 0 Å². The number of benzene rings is 4. The number of amides is 2. The quantitative estimate of drug-likeness (QED) is 0.180. The Labute approximate surface area is 284 Å². The summed E-state index contributed by atoms with van der Waals surface area (Å²) in [7, 11) is 0. The maximum absolute atomic E-state index is 13.8.